The van der Waals surface area contributed by atoms with Gasteiger partial charge in [0.25, 0.3) is 5.56 Å². The van der Waals surface area contributed by atoms with Crippen molar-refractivity contribution in [3.05, 3.63) is 37.8 Å². The number of amides is 1. The Balaban J connectivity index is 2.21. The van der Waals surface area contributed by atoms with Crippen molar-refractivity contribution in [2.45, 2.75) is 32.1 Å². The molecule has 112 valence electrons. The lowest BCUT2D eigenvalue weighted by molar-refractivity contribution is -0.113. The molecule has 0 saturated carbocycles. The number of nitrogens with one attached hydrogen (secondary N) is 2. The van der Waals surface area contributed by atoms with Crippen LogP contribution in [0.4, 0.5) is 5.82 Å². The van der Waals surface area contributed by atoms with Crippen molar-refractivity contribution in [3.63, 3.8) is 0 Å². The maximum Gasteiger partial charge on any atom is 0.271 e. The number of rotatable bonds is 2. The summed E-state index contributed by atoms with van der Waals surface area (Å²) in [4.78, 5) is 25.5. The fourth-order valence-electron chi connectivity index (χ4n) is 2.49. The van der Waals surface area contributed by atoms with Crippen LogP contribution in [0, 0.1) is 6.92 Å². The Morgan fingerprint density at radius 1 is 1.38 bits per heavy atom. The van der Waals surface area contributed by atoms with Crippen molar-refractivity contribution in [2.75, 3.05) is 11.1 Å². The van der Waals surface area contributed by atoms with E-state index in [1.165, 1.54) is 11.8 Å². The SMILES string of the molecule is Cc1ccsc1[C@H]1SCC(=O)Nc2c1c(=O)[nH]n2C(C)C. The zero-order valence-electron chi connectivity index (χ0n) is 12.1. The van der Waals surface area contributed by atoms with Gasteiger partial charge in [0, 0.05) is 10.9 Å². The highest BCUT2D eigenvalue weighted by Gasteiger charge is 2.32. The summed E-state index contributed by atoms with van der Waals surface area (Å²) in [7, 11) is 0. The van der Waals surface area contributed by atoms with E-state index in [9.17, 15) is 9.59 Å². The average Bonchev–Trinajstić information content (AvgIpc) is 2.91. The lowest BCUT2D eigenvalue weighted by Gasteiger charge is -2.14. The molecule has 2 aromatic heterocycles. The Kier molecular flexibility index (Phi) is 3.71. The van der Waals surface area contributed by atoms with Crippen molar-refractivity contribution in [1.82, 2.24) is 9.78 Å². The van der Waals surface area contributed by atoms with Crippen molar-refractivity contribution in [2.24, 2.45) is 0 Å². The third kappa shape index (κ3) is 2.44. The smallest absolute Gasteiger partial charge is 0.271 e. The summed E-state index contributed by atoms with van der Waals surface area (Å²) in [6.07, 6.45) is 0. The van der Waals surface area contributed by atoms with Crippen LogP contribution in [-0.2, 0) is 4.79 Å². The number of H-pyrrole nitrogens is 1. The number of thioether (sulfide) groups is 1. The predicted octanol–water partition coefficient (Wildman–Crippen LogP) is 2.90. The molecule has 21 heavy (non-hydrogen) atoms. The Morgan fingerprint density at radius 3 is 2.76 bits per heavy atom. The van der Waals surface area contributed by atoms with Crippen LogP contribution in [0.3, 0.4) is 0 Å². The lowest BCUT2D eigenvalue weighted by Crippen LogP contribution is -2.17. The molecule has 0 spiro atoms. The maximum absolute atomic E-state index is 12.4. The first-order valence-electron chi connectivity index (χ1n) is 6.79. The molecule has 0 radical (unpaired) electrons. The van der Waals surface area contributed by atoms with E-state index in [-0.39, 0.29) is 22.8 Å². The van der Waals surface area contributed by atoms with Crippen LogP contribution in [0.2, 0.25) is 0 Å². The zero-order valence-corrected chi connectivity index (χ0v) is 13.7. The highest BCUT2D eigenvalue weighted by atomic mass is 32.2. The van der Waals surface area contributed by atoms with Gasteiger partial charge in [-0.2, -0.15) is 0 Å². The van der Waals surface area contributed by atoms with Crippen molar-refractivity contribution in [1.29, 1.82) is 0 Å². The van der Waals surface area contributed by atoms with Crippen molar-refractivity contribution < 1.29 is 4.79 Å². The first kappa shape index (κ1) is 14.5. The molecule has 0 aliphatic carbocycles. The standard InChI is InChI=1S/C14H17N3O2S2/c1-7(2)17-13-10(14(19)16-17)12(21-6-9(18)15-13)11-8(3)4-5-20-11/h4-5,7,12H,6H2,1-3H3,(H,15,18)(H,16,19)/t12-/m0/s1. The summed E-state index contributed by atoms with van der Waals surface area (Å²) >= 11 is 3.15. The minimum atomic E-state index is -0.119. The number of carbonyl (C=O) groups excluding carboxylic acids is 1. The van der Waals surface area contributed by atoms with Crippen LogP contribution in [-0.4, -0.2) is 21.4 Å². The monoisotopic (exact) mass is 323 g/mol. The molecule has 2 aromatic rings. The van der Waals surface area contributed by atoms with Gasteiger partial charge in [-0.05, 0) is 37.8 Å². The summed E-state index contributed by atoms with van der Waals surface area (Å²) in [5.41, 5.74) is 1.70. The van der Waals surface area contributed by atoms with Gasteiger partial charge in [-0.1, -0.05) is 0 Å². The van der Waals surface area contributed by atoms with E-state index in [0.717, 1.165) is 10.4 Å². The van der Waals surface area contributed by atoms with E-state index in [1.807, 2.05) is 32.2 Å². The van der Waals surface area contributed by atoms with Gasteiger partial charge >= 0.3 is 0 Å². The minimum absolute atomic E-state index is 0.0636. The molecule has 0 fully saturated rings. The first-order chi connectivity index (χ1) is 9.99. The van der Waals surface area contributed by atoms with Gasteiger partial charge in [-0.25, -0.2) is 0 Å². The van der Waals surface area contributed by atoms with E-state index in [1.54, 1.807) is 16.0 Å². The third-order valence-corrected chi connectivity index (χ3v) is 5.99. The number of fused-ring (bicyclic) bond motifs is 1. The molecule has 1 aliphatic rings. The summed E-state index contributed by atoms with van der Waals surface area (Å²) in [6.45, 7) is 6.00. The summed E-state index contributed by atoms with van der Waals surface area (Å²) < 4.78 is 1.75. The van der Waals surface area contributed by atoms with Gasteiger partial charge in [-0.15, -0.1) is 23.1 Å². The molecule has 0 bridgehead atoms. The molecule has 0 unspecified atom stereocenters. The highest BCUT2D eigenvalue weighted by Crippen LogP contribution is 2.43. The van der Waals surface area contributed by atoms with Gasteiger partial charge in [0.15, 0.2) is 0 Å². The van der Waals surface area contributed by atoms with Crippen LogP contribution in [0.1, 0.15) is 41.1 Å². The maximum atomic E-state index is 12.4. The number of carbonyl (C=O) groups is 1. The normalized spacial score (nSPS) is 18.5. The molecule has 1 aliphatic heterocycles. The second-order valence-electron chi connectivity index (χ2n) is 5.37. The molecule has 3 rings (SSSR count). The Labute approximate surface area is 130 Å². The van der Waals surface area contributed by atoms with Crippen molar-refractivity contribution in [3.8, 4) is 0 Å². The van der Waals surface area contributed by atoms with Crippen LogP contribution in [0.25, 0.3) is 0 Å². The Morgan fingerprint density at radius 2 is 2.14 bits per heavy atom. The first-order valence-corrected chi connectivity index (χ1v) is 8.71. The third-order valence-electron chi connectivity index (χ3n) is 3.52. The molecule has 5 nitrogen and oxygen atoms in total. The second-order valence-corrected chi connectivity index (χ2v) is 7.42. The Bertz CT molecular complexity index is 742. The summed E-state index contributed by atoms with van der Waals surface area (Å²) in [5.74, 6) is 0.906. The van der Waals surface area contributed by atoms with Gasteiger partial charge in [0.2, 0.25) is 5.91 Å². The second kappa shape index (κ2) is 5.38. The summed E-state index contributed by atoms with van der Waals surface area (Å²) in [5, 5.41) is 7.66. The summed E-state index contributed by atoms with van der Waals surface area (Å²) in [6, 6.07) is 2.13. The number of hydrogen-bond acceptors (Lipinski definition) is 4. The number of anilines is 1. The topological polar surface area (TPSA) is 66.9 Å². The highest BCUT2D eigenvalue weighted by molar-refractivity contribution is 8.00. The van der Waals surface area contributed by atoms with Crippen LogP contribution in [0.15, 0.2) is 16.2 Å². The molecule has 7 heteroatoms. The quantitative estimate of drug-likeness (QED) is 0.893. The predicted molar refractivity (Wildman–Crippen MR) is 87.4 cm³/mol. The molecule has 1 atom stereocenters. The van der Waals surface area contributed by atoms with Gasteiger partial charge in [0.1, 0.15) is 5.82 Å². The van der Waals surface area contributed by atoms with E-state index in [4.69, 9.17) is 0 Å². The van der Waals surface area contributed by atoms with Crippen LogP contribution in [0.5, 0.6) is 0 Å². The average molecular weight is 323 g/mol. The molecule has 2 N–H and O–H groups in total. The largest absolute Gasteiger partial charge is 0.310 e. The lowest BCUT2D eigenvalue weighted by atomic mass is 10.1. The van der Waals surface area contributed by atoms with Gasteiger partial charge < -0.3 is 5.32 Å². The van der Waals surface area contributed by atoms with Crippen molar-refractivity contribution >= 4 is 34.8 Å². The van der Waals surface area contributed by atoms with Crippen LogP contribution < -0.4 is 10.9 Å². The van der Waals surface area contributed by atoms with E-state index < -0.39 is 0 Å². The molecule has 0 aromatic carbocycles. The number of aromatic nitrogens is 2. The number of thiophene rings is 1. The van der Waals surface area contributed by atoms with E-state index in [2.05, 4.69) is 10.4 Å². The number of aromatic amines is 1. The zero-order chi connectivity index (χ0) is 15.1. The fraction of sp³-hybridized carbons (Fsp3) is 0.429. The minimum Gasteiger partial charge on any atom is -0.310 e. The van der Waals surface area contributed by atoms with E-state index >= 15 is 0 Å². The molecular formula is C14H17N3O2S2. The Hall–Kier alpha value is -1.47. The van der Waals surface area contributed by atoms with Crippen LogP contribution >= 0.6 is 23.1 Å². The molecule has 3 heterocycles. The number of hydrogen-bond donors (Lipinski definition) is 2. The molecule has 1 amide bonds. The number of nitrogens with zero attached hydrogens (tertiary/aromatic N) is 1. The molecular weight excluding hydrogens is 306 g/mol. The van der Waals surface area contributed by atoms with Gasteiger partial charge in [-0.3, -0.25) is 19.4 Å². The van der Waals surface area contributed by atoms with Gasteiger partial charge in [0.05, 0.1) is 16.6 Å². The fourth-order valence-corrected chi connectivity index (χ4v) is 4.89. The molecule has 0 saturated heterocycles. The van der Waals surface area contributed by atoms with E-state index in [0.29, 0.717) is 17.1 Å². The number of aryl methyl sites for hydroxylation is 1.